The zero-order valence-corrected chi connectivity index (χ0v) is 16.7. The van der Waals surface area contributed by atoms with E-state index in [2.05, 4.69) is 94.5 Å². The molecule has 30 heavy (non-hydrogen) atoms. The molecule has 0 saturated carbocycles. The Morgan fingerprint density at radius 1 is 0.500 bits per heavy atom. The first-order valence-electron chi connectivity index (χ1n) is 10.0. The van der Waals surface area contributed by atoms with Crippen LogP contribution in [0.1, 0.15) is 5.56 Å². The Labute approximate surface area is 176 Å². The van der Waals surface area contributed by atoms with Crippen molar-refractivity contribution in [1.82, 2.24) is 14.8 Å². The molecule has 0 radical (unpaired) electrons. The van der Waals surface area contributed by atoms with E-state index < -0.39 is 0 Å². The SMILES string of the molecule is Cc1ccccc1-c1nnc(-c2ccc(-c3ccccc3)cc2)n1-c1ccccc1. The molecule has 4 aromatic carbocycles. The van der Waals surface area contributed by atoms with E-state index in [-0.39, 0.29) is 0 Å². The van der Waals surface area contributed by atoms with E-state index in [9.17, 15) is 0 Å². The summed E-state index contributed by atoms with van der Waals surface area (Å²) in [5, 5.41) is 9.19. The average molecular weight is 387 g/mol. The van der Waals surface area contributed by atoms with E-state index in [1.54, 1.807) is 0 Å². The van der Waals surface area contributed by atoms with Crippen LogP contribution in [0, 0.1) is 6.92 Å². The van der Waals surface area contributed by atoms with Gasteiger partial charge in [-0.25, -0.2) is 0 Å². The molecule has 5 rings (SSSR count). The van der Waals surface area contributed by atoms with Gasteiger partial charge in [0, 0.05) is 16.8 Å². The fourth-order valence-electron chi connectivity index (χ4n) is 3.73. The van der Waals surface area contributed by atoms with Crippen LogP contribution in [-0.4, -0.2) is 14.8 Å². The maximum Gasteiger partial charge on any atom is 0.169 e. The smallest absolute Gasteiger partial charge is 0.169 e. The maximum atomic E-state index is 4.60. The number of hydrogen-bond acceptors (Lipinski definition) is 2. The summed E-state index contributed by atoms with van der Waals surface area (Å²) in [6.07, 6.45) is 0. The number of nitrogens with zero attached hydrogens (tertiary/aromatic N) is 3. The van der Waals surface area contributed by atoms with Crippen molar-refractivity contribution in [2.24, 2.45) is 0 Å². The predicted molar refractivity (Wildman–Crippen MR) is 122 cm³/mol. The Bertz CT molecular complexity index is 1270. The molecule has 0 bridgehead atoms. The quantitative estimate of drug-likeness (QED) is 0.349. The third kappa shape index (κ3) is 3.31. The number of para-hydroxylation sites is 1. The van der Waals surface area contributed by atoms with Crippen LogP contribution in [0.25, 0.3) is 39.6 Å². The van der Waals surface area contributed by atoms with Crippen LogP contribution in [-0.2, 0) is 0 Å². The van der Waals surface area contributed by atoms with Crippen molar-refractivity contribution in [2.75, 3.05) is 0 Å². The number of aryl methyl sites for hydroxylation is 1. The van der Waals surface area contributed by atoms with Crippen LogP contribution < -0.4 is 0 Å². The Morgan fingerprint density at radius 2 is 1.03 bits per heavy atom. The van der Waals surface area contributed by atoms with Crippen LogP contribution in [0.3, 0.4) is 0 Å². The summed E-state index contributed by atoms with van der Waals surface area (Å²) in [5.74, 6) is 1.68. The van der Waals surface area contributed by atoms with Gasteiger partial charge in [0.2, 0.25) is 0 Å². The Kier molecular flexibility index (Phi) is 4.70. The summed E-state index contributed by atoms with van der Waals surface area (Å²) in [5.41, 5.74) is 6.72. The summed E-state index contributed by atoms with van der Waals surface area (Å²) >= 11 is 0. The molecule has 0 aliphatic rings. The lowest BCUT2D eigenvalue weighted by Crippen LogP contribution is -2.01. The summed E-state index contributed by atoms with van der Waals surface area (Å²) in [4.78, 5) is 0. The highest BCUT2D eigenvalue weighted by Crippen LogP contribution is 2.31. The van der Waals surface area contributed by atoms with E-state index >= 15 is 0 Å². The number of rotatable bonds is 4. The highest BCUT2D eigenvalue weighted by molar-refractivity contribution is 5.71. The third-order valence-corrected chi connectivity index (χ3v) is 5.31. The molecule has 3 nitrogen and oxygen atoms in total. The van der Waals surface area contributed by atoms with Crippen molar-refractivity contribution in [1.29, 1.82) is 0 Å². The molecular formula is C27H21N3. The monoisotopic (exact) mass is 387 g/mol. The lowest BCUT2D eigenvalue weighted by Gasteiger charge is -2.12. The van der Waals surface area contributed by atoms with Crippen molar-refractivity contribution in [3.05, 3.63) is 115 Å². The molecule has 0 saturated heterocycles. The van der Waals surface area contributed by atoms with Gasteiger partial charge >= 0.3 is 0 Å². The fraction of sp³-hybridized carbons (Fsp3) is 0.0370. The molecule has 144 valence electrons. The highest BCUT2D eigenvalue weighted by atomic mass is 15.3. The van der Waals surface area contributed by atoms with Gasteiger partial charge in [0.1, 0.15) is 0 Å². The van der Waals surface area contributed by atoms with E-state index in [4.69, 9.17) is 0 Å². The molecule has 0 amide bonds. The summed E-state index contributed by atoms with van der Waals surface area (Å²) in [6.45, 7) is 2.10. The van der Waals surface area contributed by atoms with Gasteiger partial charge in [0.15, 0.2) is 11.6 Å². The van der Waals surface area contributed by atoms with Crippen molar-refractivity contribution >= 4 is 0 Å². The second kappa shape index (κ2) is 7.80. The molecule has 0 aliphatic carbocycles. The summed E-state index contributed by atoms with van der Waals surface area (Å²) in [7, 11) is 0. The zero-order valence-electron chi connectivity index (χ0n) is 16.7. The van der Waals surface area contributed by atoms with E-state index in [1.165, 1.54) is 16.7 Å². The van der Waals surface area contributed by atoms with Crippen molar-refractivity contribution < 1.29 is 0 Å². The van der Waals surface area contributed by atoms with Crippen LogP contribution in [0.4, 0.5) is 0 Å². The van der Waals surface area contributed by atoms with Crippen LogP contribution in [0.2, 0.25) is 0 Å². The molecule has 0 fully saturated rings. The van der Waals surface area contributed by atoms with E-state index in [1.807, 2.05) is 36.4 Å². The number of hydrogen-bond donors (Lipinski definition) is 0. The largest absolute Gasteiger partial charge is 0.275 e. The minimum absolute atomic E-state index is 0.832. The molecular weight excluding hydrogens is 366 g/mol. The van der Waals surface area contributed by atoms with Crippen LogP contribution in [0.15, 0.2) is 109 Å². The van der Waals surface area contributed by atoms with Crippen molar-refractivity contribution in [3.8, 4) is 39.6 Å². The van der Waals surface area contributed by atoms with Crippen molar-refractivity contribution in [2.45, 2.75) is 6.92 Å². The van der Waals surface area contributed by atoms with Gasteiger partial charge in [-0.3, -0.25) is 4.57 Å². The normalized spacial score (nSPS) is 10.8. The van der Waals surface area contributed by atoms with Crippen LogP contribution in [0.5, 0.6) is 0 Å². The molecule has 5 aromatic rings. The molecule has 3 heteroatoms. The molecule has 0 spiro atoms. The second-order valence-corrected chi connectivity index (χ2v) is 7.28. The maximum absolute atomic E-state index is 4.60. The Morgan fingerprint density at radius 3 is 1.73 bits per heavy atom. The molecule has 1 heterocycles. The van der Waals surface area contributed by atoms with Gasteiger partial charge in [-0.15, -0.1) is 10.2 Å². The number of benzene rings is 4. The minimum Gasteiger partial charge on any atom is -0.275 e. The van der Waals surface area contributed by atoms with Gasteiger partial charge in [0.25, 0.3) is 0 Å². The first-order valence-corrected chi connectivity index (χ1v) is 10.0. The Balaban J connectivity index is 1.65. The van der Waals surface area contributed by atoms with Gasteiger partial charge in [-0.05, 0) is 35.7 Å². The highest BCUT2D eigenvalue weighted by Gasteiger charge is 2.18. The molecule has 0 unspecified atom stereocenters. The fourth-order valence-corrected chi connectivity index (χ4v) is 3.73. The van der Waals surface area contributed by atoms with E-state index in [0.29, 0.717) is 0 Å². The topological polar surface area (TPSA) is 30.7 Å². The van der Waals surface area contributed by atoms with Gasteiger partial charge < -0.3 is 0 Å². The Hall–Kier alpha value is -3.98. The average Bonchev–Trinajstić information content (AvgIpc) is 3.25. The molecule has 0 atom stereocenters. The zero-order chi connectivity index (χ0) is 20.3. The second-order valence-electron chi connectivity index (χ2n) is 7.28. The van der Waals surface area contributed by atoms with Gasteiger partial charge in [-0.2, -0.15) is 0 Å². The van der Waals surface area contributed by atoms with Gasteiger partial charge in [-0.1, -0.05) is 97.1 Å². The minimum atomic E-state index is 0.832. The lowest BCUT2D eigenvalue weighted by atomic mass is 10.0. The number of aromatic nitrogens is 3. The summed E-state index contributed by atoms with van der Waals surface area (Å²) < 4.78 is 2.14. The lowest BCUT2D eigenvalue weighted by molar-refractivity contribution is 1.07. The van der Waals surface area contributed by atoms with Crippen LogP contribution >= 0.6 is 0 Å². The third-order valence-electron chi connectivity index (χ3n) is 5.31. The standard InChI is InChI=1S/C27H21N3/c1-20-10-8-9-15-25(20)27-29-28-26(30(27)24-13-6-3-7-14-24)23-18-16-22(17-19-23)21-11-4-2-5-12-21/h2-19H,1H3. The molecule has 0 N–H and O–H groups in total. The predicted octanol–water partition coefficient (Wildman–Crippen LogP) is 6.58. The molecule has 0 aliphatic heterocycles. The van der Waals surface area contributed by atoms with Gasteiger partial charge in [0.05, 0.1) is 0 Å². The summed E-state index contributed by atoms with van der Waals surface area (Å²) in [6, 6.07) is 37.5. The van der Waals surface area contributed by atoms with E-state index in [0.717, 1.165) is 28.5 Å². The van der Waals surface area contributed by atoms with Crippen molar-refractivity contribution in [3.63, 3.8) is 0 Å². The first-order chi connectivity index (χ1) is 14.8. The first kappa shape index (κ1) is 18.1. The molecule has 1 aromatic heterocycles.